The van der Waals surface area contributed by atoms with Crippen LogP contribution < -0.4 is 5.32 Å². The second-order valence-electron chi connectivity index (χ2n) is 5.20. The van der Waals surface area contributed by atoms with Gasteiger partial charge in [-0.15, -0.1) is 11.8 Å². The van der Waals surface area contributed by atoms with Gasteiger partial charge >= 0.3 is 0 Å². The number of rotatable bonds is 3. The lowest BCUT2D eigenvalue weighted by atomic mass is 10.1. The first-order valence-corrected chi connectivity index (χ1v) is 7.83. The van der Waals surface area contributed by atoms with Crippen LogP contribution in [0.3, 0.4) is 0 Å². The van der Waals surface area contributed by atoms with Gasteiger partial charge in [-0.2, -0.15) is 0 Å². The Morgan fingerprint density at radius 3 is 2.85 bits per heavy atom. The highest BCUT2D eigenvalue weighted by molar-refractivity contribution is 8.00. The maximum absolute atomic E-state index is 12.3. The summed E-state index contributed by atoms with van der Waals surface area (Å²) in [6.45, 7) is 6.38. The molecule has 0 fully saturated rings. The molecule has 20 heavy (non-hydrogen) atoms. The van der Waals surface area contributed by atoms with E-state index in [-0.39, 0.29) is 11.8 Å². The van der Waals surface area contributed by atoms with Gasteiger partial charge in [0.05, 0.1) is 5.75 Å². The topological polar surface area (TPSA) is 49.4 Å². The Balaban J connectivity index is 2.19. The van der Waals surface area contributed by atoms with Gasteiger partial charge in [0, 0.05) is 12.2 Å². The van der Waals surface area contributed by atoms with Crippen LogP contribution in [0.5, 0.6) is 0 Å². The Morgan fingerprint density at radius 1 is 1.45 bits per heavy atom. The smallest absolute Gasteiger partial charge is 0.246 e. The van der Waals surface area contributed by atoms with Crippen LogP contribution in [0.2, 0.25) is 0 Å². The molecule has 1 aromatic rings. The van der Waals surface area contributed by atoms with Crippen molar-refractivity contribution >= 4 is 29.3 Å². The van der Waals surface area contributed by atoms with E-state index >= 15 is 0 Å². The van der Waals surface area contributed by atoms with Crippen LogP contribution in [-0.4, -0.2) is 33.8 Å². The molecule has 4 nitrogen and oxygen atoms in total. The predicted octanol–water partition coefficient (Wildman–Crippen LogP) is 2.50. The van der Waals surface area contributed by atoms with E-state index in [4.69, 9.17) is 0 Å². The lowest BCUT2D eigenvalue weighted by molar-refractivity contribution is -0.136. The first-order valence-electron chi connectivity index (χ1n) is 6.79. The van der Waals surface area contributed by atoms with Crippen LogP contribution in [0, 0.1) is 0 Å². The molecular weight excluding hydrogens is 272 g/mol. The van der Waals surface area contributed by atoms with E-state index < -0.39 is 6.04 Å². The number of amides is 2. The number of hydrogen-bond acceptors (Lipinski definition) is 3. The second kappa shape index (κ2) is 6.31. The number of carbonyl (C=O) groups excluding carboxylic acids is 2. The summed E-state index contributed by atoms with van der Waals surface area (Å²) in [5.74, 6) is 0.304. The molecule has 5 heteroatoms. The fourth-order valence-electron chi connectivity index (χ4n) is 2.10. The van der Waals surface area contributed by atoms with E-state index in [1.54, 1.807) is 23.6 Å². The number of para-hydroxylation sites is 1. The molecule has 0 saturated heterocycles. The average molecular weight is 292 g/mol. The van der Waals surface area contributed by atoms with Gasteiger partial charge in [0.1, 0.15) is 6.04 Å². The summed E-state index contributed by atoms with van der Waals surface area (Å²) < 4.78 is 0. The van der Waals surface area contributed by atoms with Gasteiger partial charge < -0.3 is 10.2 Å². The van der Waals surface area contributed by atoms with E-state index in [1.165, 1.54) is 0 Å². The SMILES string of the molecule is CC(C)SCC(=O)N1Cc2ccccc2NC(=O)C1C. The molecule has 1 atom stereocenters. The standard InChI is InChI=1S/C15H20N2O2S/c1-10(2)20-9-14(18)17-8-12-6-4-5-7-13(12)16-15(19)11(17)3/h4-7,10-11H,8-9H2,1-3H3,(H,16,19). The second-order valence-corrected chi connectivity index (χ2v) is 6.77. The molecule has 1 N–H and O–H groups in total. The average Bonchev–Trinajstić information content (AvgIpc) is 2.54. The molecule has 1 aliphatic rings. The zero-order valence-electron chi connectivity index (χ0n) is 12.1. The van der Waals surface area contributed by atoms with Crippen LogP contribution in [0.4, 0.5) is 5.69 Å². The molecule has 0 saturated carbocycles. The normalized spacial score (nSPS) is 18.5. The van der Waals surface area contributed by atoms with Crippen molar-refractivity contribution in [2.75, 3.05) is 11.1 Å². The third-order valence-corrected chi connectivity index (χ3v) is 4.40. The quantitative estimate of drug-likeness (QED) is 0.931. The van der Waals surface area contributed by atoms with E-state index in [0.29, 0.717) is 17.5 Å². The van der Waals surface area contributed by atoms with Gasteiger partial charge in [-0.05, 0) is 23.8 Å². The van der Waals surface area contributed by atoms with E-state index in [1.807, 2.05) is 24.3 Å². The summed E-state index contributed by atoms with van der Waals surface area (Å²) in [4.78, 5) is 26.1. The number of hydrogen-bond donors (Lipinski definition) is 1. The molecule has 0 bridgehead atoms. The Bertz CT molecular complexity index is 516. The molecule has 2 rings (SSSR count). The van der Waals surface area contributed by atoms with Crippen molar-refractivity contribution < 1.29 is 9.59 Å². The molecule has 0 radical (unpaired) electrons. The molecule has 1 heterocycles. The summed E-state index contributed by atoms with van der Waals surface area (Å²) in [6.07, 6.45) is 0. The zero-order chi connectivity index (χ0) is 14.7. The monoisotopic (exact) mass is 292 g/mol. The van der Waals surface area contributed by atoms with Crippen LogP contribution >= 0.6 is 11.8 Å². The summed E-state index contributed by atoms with van der Waals surface area (Å²) in [6, 6.07) is 7.19. The van der Waals surface area contributed by atoms with E-state index in [9.17, 15) is 9.59 Å². The third-order valence-electron chi connectivity index (χ3n) is 3.32. The number of carbonyl (C=O) groups is 2. The van der Waals surface area contributed by atoms with Crippen LogP contribution in [0.1, 0.15) is 26.3 Å². The number of nitrogens with zero attached hydrogens (tertiary/aromatic N) is 1. The molecular formula is C15H20N2O2S. The highest BCUT2D eigenvalue weighted by Gasteiger charge is 2.29. The van der Waals surface area contributed by atoms with Crippen LogP contribution in [0.25, 0.3) is 0 Å². The minimum Gasteiger partial charge on any atom is -0.326 e. The fourth-order valence-corrected chi connectivity index (χ4v) is 2.75. The van der Waals surface area contributed by atoms with Gasteiger partial charge in [-0.3, -0.25) is 9.59 Å². The van der Waals surface area contributed by atoms with Gasteiger partial charge in [-0.1, -0.05) is 32.0 Å². The summed E-state index contributed by atoms with van der Waals surface area (Å²) in [5, 5.41) is 3.29. The maximum Gasteiger partial charge on any atom is 0.246 e. The Kier molecular flexibility index (Phi) is 4.70. The van der Waals surface area contributed by atoms with Crippen molar-refractivity contribution in [1.82, 2.24) is 4.90 Å². The third kappa shape index (κ3) is 3.33. The van der Waals surface area contributed by atoms with Crippen molar-refractivity contribution in [2.45, 2.75) is 38.6 Å². The number of fused-ring (bicyclic) bond motifs is 1. The number of thioether (sulfide) groups is 1. The molecule has 2 amide bonds. The minimum absolute atomic E-state index is 0.0167. The van der Waals surface area contributed by atoms with E-state index in [0.717, 1.165) is 11.3 Å². The van der Waals surface area contributed by atoms with Gasteiger partial charge in [-0.25, -0.2) is 0 Å². The first kappa shape index (κ1) is 14.9. The first-order chi connectivity index (χ1) is 9.49. The van der Waals surface area contributed by atoms with Crippen molar-refractivity contribution in [3.63, 3.8) is 0 Å². The lowest BCUT2D eigenvalue weighted by Gasteiger charge is -2.26. The number of benzene rings is 1. The van der Waals surface area contributed by atoms with Gasteiger partial charge in [0.15, 0.2) is 0 Å². The molecule has 0 spiro atoms. The Hall–Kier alpha value is -1.49. The van der Waals surface area contributed by atoms with E-state index in [2.05, 4.69) is 19.2 Å². The minimum atomic E-state index is -0.442. The predicted molar refractivity (Wildman–Crippen MR) is 82.7 cm³/mol. The molecule has 0 aliphatic carbocycles. The zero-order valence-corrected chi connectivity index (χ0v) is 12.9. The maximum atomic E-state index is 12.3. The molecule has 0 aromatic heterocycles. The van der Waals surface area contributed by atoms with Crippen LogP contribution in [-0.2, 0) is 16.1 Å². The Morgan fingerprint density at radius 2 is 2.15 bits per heavy atom. The van der Waals surface area contributed by atoms with Crippen molar-refractivity contribution in [1.29, 1.82) is 0 Å². The molecule has 1 aliphatic heterocycles. The van der Waals surface area contributed by atoms with Crippen molar-refractivity contribution in [3.8, 4) is 0 Å². The fraction of sp³-hybridized carbons (Fsp3) is 0.467. The largest absolute Gasteiger partial charge is 0.326 e. The van der Waals surface area contributed by atoms with Gasteiger partial charge in [0.2, 0.25) is 11.8 Å². The highest BCUT2D eigenvalue weighted by atomic mass is 32.2. The van der Waals surface area contributed by atoms with Crippen molar-refractivity contribution in [2.24, 2.45) is 0 Å². The molecule has 1 unspecified atom stereocenters. The Labute approximate surface area is 123 Å². The number of anilines is 1. The summed E-state index contributed by atoms with van der Waals surface area (Å²) in [7, 11) is 0. The molecule has 1 aromatic carbocycles. The molecule has 108 valence electrons. The summed E-state index contributed by atoms with van der Waals surface area (Å²) >= 11 is 1.60. The highest BCUT2D eigenvalue weighted by Crippen LogP contribution is 2.23. The number of nitrogens with one attached hydrogen (secondary N) is 1. The van der Waals surface area contributed by atoms with Crippen molar-refractivity contribution in [3.05, 3.63) is 29.8 Å². The summed E-state index contributed by atoms with van der Waals surface area (Å²) in [5.41, 5.74) is 1.78. The lowest BCUT2D eigenvalue weighted by Crippen LogP contribution is -2.44. The van der Waals surface area contributed by atoms with Crippen LogP contribution in [0.15, 0.2) is 24.3 Å². The van der Waals surface area contributed by atoms with Gasteiger partial charge in [0.25, 0.3) is 0 Å².